The summed E-state index contributed by atoms with van der Waals surface area (Å²) < 4.78 is 22.7. The van der Waals surface area contributed by atoms with E-state index in [2.05, 4.69) is 25.2 Å². The van der Waals surface area contributed by atoms with Crippen molar-refractivity contribution in [3.63, 3.8) is 0 Å². The van der Waals surface area contributed by atoms with Gasteiger partial charge in [0.05, 0.1) is 30.7 Å². The van der Waals surface area contributed by atoms with Crippen molar-refractivity contribution in [2.75, 3.05) is 14.2 Å². The van der Waals surface area contributed by atoms with Gasteiger partial charge in [-0.05, 0) is 36.7 Å². The Morgan fingerprint density at radius 2 is 2.00 bits per heavy atom. The van der Waals surface area contributed by atoms with Crippen molar-refractivity contribution in [1.82, 2.24) is 0 Å². The maximum Gasteiger partial charge on any atom is 0.308 e. The molecule has 0 saturated carbocycles. The maximum atomic E-state index is 12.7. The predicted octanol–water partition coefficient (Wildman–Crippen LogP) is 5.12. The van der Waals surface area contributed by atoms with Crippen LogP contribution in [0, 0.1) is 23.7 Å². The first-order valence-electron chi connectivity index (χ1n) is 11.9. The molecule has 0 radical (unpaired) electrons. The summed E-state index contributed by atoms with van der Waals surface area (Å²) >= 11 is 1.89. The van der Waals surface area contributed by atoms with Crippen molar-refractivity contribution < 1.29 is 32.0 Å². The Morgan fingerprint density at radius 3 is 2.58 bits per heavy atom. The van der Waals surface area contributed by atoms with Crippen molar-refractivity contribution in [1.29, 1.82) is 0 Å². The SMILES string of the molecule is CC[C@H](C)C(=O)O[C@H]1C[C@H](OC)C=C2C=C[C@H](C)[C@H](CC[C@H](C[C@H](CC(=O)O)OC)OI)[C@H]21. The summed E-state index contributed by atoms with van der Waals surface area (Å²) in [5.74, 6) is -0.448. The number of carbonyl (C=O) groups excluding carboxylic acids is 1. The van der Waals surface area contributed by atoms with E-state index < -0.39 is 5.97 Å². The molecule has 0 aromatic carbocycles. The van der Waals surface area contributed by atoms with Crippen LogP contribution in [0.2, 0.25) is 0 Å². The summed E-state index contributed by atoms with van der Waals surface area (Å²) in [6.45, 7) is 6.10. The summed E-state index contributed by atoms with van der Waals surface area (Å²) in [6, 6.07) is 0. The normalized spacial score (nSPS) is 29.5. The Bertz CT molecular complexity index is 707. The molecule has 0 aromatic rings. The zero-order valence-corrected chi connectivity index (χ0v) is 22.5. The Kier molecular flexibility index (Phi) is 11.8. The first-order chi connectivity index (χ1) is 15.7. The van der Waals surface area contributed by atoms with Gasteiger partial charge >= 0.3 is 11.9 Å². The quantitative estimate of drug-likeness (QED) is 0.240. The molecule has 2 rings (SSSR count). The average Bonchev–Trinajstić information content (AvgIpc) is 2.80. The van der Waals surface area contributed by atoms with E-state index in [-0.39, 0.29) is 54.6 Å². The minimum Gasteiger partial charge on any atom is -0.481 e. The molecule has 0 saturated heterocycles. The lowest BCUT2D eigenvalue weighted by atomic mass is 9.66. The number of carbonyl (C=O) groups is 2. The third-order valence-corrected chi connectivity index (χ3v) is 7.87. The van der Waals surface area contributed by atoms with E-state index in [1.165, 1.54) is 12.7 Å². The molecule has 2 aliphatic carbocycles. The highest BCUT2D eigenvalue weighted by molar-refractivity contribution is 14.1. The van der Waals surface area contributed by atoms with Gasteiger partial charge in [0.25, 0.3) is 0 Å². The van der Waals surface area contributed by atoms with Crippen molar-refractivity contribution in [3.05, 3.63) is 23.8 Å². The number of ether oxygens (including phenoxy) is 3. The van der Waals surface area contributed by atoms with Gasteiger partial charge in [-0.15, -0.1) is 0 Å². The number of aliphatic carboxylic acids is 1. The number of carboxylic acid groups (broad SMARTS) is 1. The molecule has 7 nitrogen and oxygen atoms in total. The van der Waals surface area contributed by atoms with Crippen LogP contribution in [0.25, 0.3) is 0 Å². The fourth-order valence-corrected chi connectivity index (χ4v) is 5.36. The molecular formula is C25H39IO7. The molecule has 0 aliphatic heterocycles. The molecule has 8 atom stereocenters. The number of rotatable bonds is 13. The molecule has 0 heterocycles. The Balaban J connectivity index is 2.17. The van der Waals surface area contributed by atoms with E-state index in [0.717, 1.165) is 19.3 Å². The first kappa shape index (κ1) is 28.3. The van der Waals surface area contributed by atoms with E-state index in [0.29, 0.717) is 18.8 Å². The molecule has 0 amide bonds. The van der Waals surface area contributed by atoms with Crippen molar-refractivity contribution >= 4 is 34.9 Å². The van der Waals surface area contributed by atoms with Crippen LogP contribution in [-0.4, -0.2) is 55.7 Å². The number of allylic oxidation sites excluding steroid dienone is 2. The number of hydrogen-bond acceptors (Lipinski definition) is 6. The van der Waals surface area contributed by atoms with Gasteiger partial charge in [0.2, 0.25) is 0 Å². The summed E-state index contributed by atoms with van der Waals surface area (Å²) in [7, 11) is 3.22. The van der Waals surface area contributed by atoms with E-state index >= 15 is 0 Å². The summed E-state index contributed by atoms with van der Waals surface area (Å²) in [5, 5.41) is 9.11. The Hall–Kier alpha value is -0.970. The fourth-order valence-electron chi connectivity index (χ4n) is 4.89. The van der Waals surface area contributed by atoms with Crippen LogP contribution in [0.4, 0.5) is 0 Å². The van der Waals surface area contributed by atoms with E-state index in [1.54, 1.807) is 7.11 Å². The number of carboxylic acids is 1. The molecule has 0 unspecified atom stereocenters. The van der Waals surface area contributed by atoms with Gasteiger partial charge in [0, 0.05) is 33.0 Å². The minimum absolute atomic E-state index is 0.0445. The van der Waals surface area contributed by atoms with E-state index in [9.17, 15) is 9.59 Å². The highest BCUT2D eigenvalue weighted by Gasteiger charge is 2.42. The van der Waals surface area contributed by atoms with Gasteiger partial charge in [-0.25, -0.2) is 0 Å². The van der Waals surface area contributed by atoms with Crippen LogP contribution < -0.4 is 0 Å². The van der Waals surface area contributed by atoms with Gasteiger partial charge in [0.1, 0.15) is 29.1 Å². The predicted molar refractivity (Wildman–Crippen MR) is 134 cm³/mol. The monoisotopic (exact) mass is 578 g/mol. The molecule has 1 N–H and O–H groups in total. The maximum absolute atomic E-state index is 12.7. The van der Waals surface area contributed by atoms with Crippen LogP contribution in [0.5, 0.6) is 0 Å². The molecule has 0 spiro atoms. The van der Waals surface area contributed by atoms with Gasteiger partial charge in [0.15, 0.2) is 0 Å². The number of fused-ring (bicyclic) bond motifs is 1. The van der Waals surface area contributed by atoms with Crippen LogP contribution in [0.1, 0.15) is 59.3 Å². The smallest absolute Gasteiger partial charge is 0.308 e. The molecule has 0 bridgehead atoms. The lowest BCUT2D eigenvalue weighted by molar-refractivity contribution is -0.159. The van der Waals surface area contributed by atoms with E-state index in [1.807, 2.05) is 36.9 Å². The topological polar surface area (TPSA) is 91.3 Å². The van der Waals surface area contributed by atoms with Gasteiger partial charge in [-0.1, -0.05) is 39.0 Å². The average molecular weight is 578 g/mol. The Morgan fingerprint density at radius 1 is 1.27 bits per heavy atom. The Labute approximate surface area is 211 Å². The standard InChI is InChI=1S/C25H39IO7/c1-6-15(2)25(29)32-22-13-19(30-4)11-17-8-7-16(3)21(24(17)22)10-9-18(33-26)12-20(31-5)14-23(27)28/h7-8,11,15-16,18-22,24H,6,9-10,12-14H2,1-5H3,(H,27,28)/t15-,16-,18+,19+,20+,21-,22-,24-/m0/s1. The number of methoxy groups -OCH3 is 2. The lowest BCUT2D eigenvalue weighted by Crippen LogP contribution is -2.43. The second-order valence-corrected chi connectivity index (χ2v) is 9.86. The van der Waals surface area contributed by atoms with Crippen molar-refractivity contribution in [2.45, 2.75) is 83.7 Å². The number of hydrogen-bond donors (Lipinski definition) is 1. The second kappa shape index (κ2) is 13.8. The molecule has 8 heteroatoms. The minimum atomic E-state index is -0.879. The highest BCUT2D eigenvalue weighted by atomic mass is 127. The molecule has 0 fully saturated rings. The van der Waals surface area contributed by atoms with Crippen molar-refractivity contribution in [2.24, 2.45) is 23.7 Å². The molecule has 188 valence electrons. The molecular weight excluding hydrogens is 539 g/mol. The summed E-state index contributed by atoms with van der Waals surface area (Å²) in [5.41, 5.74) is 1.17. The van der Waals surface area contributed by atoms with Crippen LogP contribution in [0.3, 0.4) is 0 Å². The van der Waals surface area contributed by atoms with Crippen LogP contribution in [-0.2, 0) is 26.9 Å². The summed E-state index contributed by atoms with van der Waals surface area (Å²) in [4.78, 5) is 23.8. The zero-order chi connectivity index (χ0) is 24.5. The van der Waals surface area contributed by atoms with E-state index in [4.69, 9.17) is 22.4 Å². The van der Waals surface area contributed by atoms with Gasteiger partial charge < -0.3 is 22.4 Å². The summed E-state index contributed by atoms with van der Waals surface area (Å²) in [6.07, 6.45) is 9.26. The molecule has 2 aliphatic rings. The number of halogens is 1. The first-order valence-corrected chi connectivity index (χ1v) is 12.8. The highest BCUT2D eigenvalue weighted by Crippen LogP contribution is 2.44. The molecule has 0 aromatic heterocycles. The van der Waals surface area contributed by atoms with Gasteiger partial charge in [-0.3, -0.25) is 9.59 Å². The van der Waals surface area contributed by atoms with Crippen LogP contribution >= 0.6 is 23.0 Å². The zero-order valence-electron chi connectivity index (χ0n) is 20.4. The molecule has 33 heavy (non-hydrogen) atoms. The second-order valence-electron chi connectivity index (χ2n) is 9.35. The van der Waals surface area contributed by atoms with Crippen LogP contribution in [0.15, 0.2) is 23.8 Å². The van der Waals surface area contributed by atoms with Crippen molar-refractivity contribution in [3.8, 4) is 0 Å². The fraction of sp³-hybridized carbons (Fsp3) is 0.760. The largest absolute Gasteiger partial charge is 0.481 e. The number of esters is 1. The van der Waals surface area contributed by atoms with Gasteiger partial charge in [-0.2, -0.15) is 0 Å². The third kappa shape index (κ3) is 8.04. The third-order valence-electron chi connectivity index (χ3n) is 7.15. The lowest BCUT2D eigenvalue weighted by Gasteiger charge is -2.43.